The van der Waals surface area contributed by atoms with E-state index in [1.807, 2.05) is 19.2 Å². The number of pyridine rings is 1. The molecule has 0 bridgehead atoms. The molecule has 2 fully saturated rings. The Balaban J connectivity index is 1.59. The number of nitrogens with zero attached hydrogens (tertiary/aromatic N) is 4. The van der Waals surface area contributed by atoms with Crippen LogP contribution in [0.5, 0.6) is 0 Å². The van der Waals surface area contributed by atoms with Crippen molar-refractivity contribution in [3.63, 3.8) is 0 Å². The predicted molar refractivity (Wildman–Crippen MR) is 99.8 cm³/mol. The van der Waals surface area contributed by atoms with Crippen molar-refractivity contribution >= 4 is 23.2 Å². The molecule has 134 valence electrons. The first-order valence-electron chi connectivity index (χ1n) is 9.30. The van der Waals surface area contributed by atoms with Gasteiger partial charge in [0.1, 0.15) is 17.5 Å². The summed E-state index contributed by atoms with van der Waals surface area (Å²) in [4.78, 5) is 27.8. The maximum Gasteiger partial charge on any atom is 0.222 e. The lowest BCUT2D eigenvalue weighted by Crippen LogP contribution is -2.22. The molecule has 26 heavy (non-hydrogen) atoms. The van der Waals surface area contributed by atoms with Gasteiger partial charge in [0.2, 0.25) is 5.91 Å². The van der Waals surface area contributed by atoms with E-state index in [0.717, 1.165) is 42.4 Å². The number of hydrogen-bond acceptors (Lipinski definition) is 5. The molecule has 0 aromatic carbocycles. The first-order valence-corrected chi connectivity index (χ1v) is 9.30. The molecule has 0 radical (unpaired) electrons. The smallest absolute Gasteiger partial charge is 0.222 e. The minimum absolute atomic E-state index is 0.107. The second-order valence-electron chi connectivity index (χ2n) is 8.39. The molecule has 3 aliphatic rings. The van der Waals surface area contributed by atoms with E-state index in [4.69, 9.17) is 9.97 Å². The molecule has 0 unspecified atom stereocenters. The normalized spacial score (nSPS) is 20.8. The SMILES string of the molecule is CC(=O)Nc1cc2c(cn1)C1(CC1)CN2c1cc(C)nc(C2(C)CC2)n1. The van der Waals surface area contributed by atoms with Crippen LogP contribution in [0, 0.1) is 6.92 Å². The highest BCUT2D eigenvalue weighted by Gasteiger charge is 2.53. The molecule has 1 spiro atoms. The zero-order chi connectivity index (χ0) is 18.1. The first kappa shape index (κ1) is 15.7. The average Bonchev–Trinajstić information content (AvgIpc) is 3.48. The average molecular weight is 349 g/mol. The summed E-state index contributed by atoms with van der Waals surface area (Å²) in [5.74, 6) is 2.41. The Hall–Kier alpha value is -2.50. The second kappa shape index (κ2) is 5.02. The van der Waals surface area contributed by atoms with Gasteiger partial charge in [-0.05, 0) is 32.6 Å². The number of hydrogen-bond donors (Lipinski definition) is 1. The number of rotatable bonds is 3. The number of carbonyl (C=O) groups excluding carboxylic acids is 1. The fourth-order valence-electron chi connectivity index (χ4n) is 3.95. The third kappa shape index (κ3) is 2.39. The number of amides is 1. The van der Waals surface area contributed by atoms with E-state index in [2.05, 4.69) is 28.2 Å². The Morgan fingerprint density at radius 2 is 1.96 bits per heavy atom. The first-order chi connectivity index (χ1) is 12.4. The molecular formula is C20H23N5O. The number of carbonyl (C=O) groups is 1. The van der Waals surface area contributed by atoms with Gasteiger partial charge in [0.05, 0.1) is 5.69 Å². The van der Waals surface area contributed by atoms with Crippen LogP contribution in [0.1, 0.15) is 56.6 Å². The molecular weight excluding hydrogens is 326 g/mol. The summed E-state index contributed by atoms with van der Waals surface area (Å²) in [6.07, 6.45) is 6.63. The Morgan fingerprint density at radius 3 is 2.62 bits per heavy atom. The third-order valence-electron chi connectivity index (χ3n) is 6.02. The predicted octanol–water partition coefficient (Wildman–Crippen LogP) is 3.37. The Kier molecular flexibility index (Phi) is 3.04. The largest absolute Gasteiger partial charge is 0.325 e. The summed E-state index contributed by atoms with van der Waals surface area (Å²) >= 11 is 0. The van der Waals surface area contributed by atoms with Crippen LogP contribution in [0.4, 0.5) is 17.3 Å². The molecule has 5 rings (SSSR count). The van der Waals surface area contributed by atoms with Crippen LogP contribution in [-0.4, -0.2) is 27.4 Å². The van der Waals surface area contributed by atoms with E-state index in [-0.39, 0.29) is 16.7 Å². The van der Waals surface area contributed by atoms with Crippen LogP contribution in [0.15, 0.2) is 18.3 Å². The number of fused-ring (bicyclic) bond motifs is 2. The summed E-state index contributed by atoms with van der Waals surface area (Å²) in [5, 5.41) is 2.80. The zero-order valence-electron chi connectivity index (χ0n) is 15.5. The lowest BCUT2D eigenvalue weighted by molar-refractivity contribution is -0.114. The van der Waals surface area contributed by atoms with Gasteiger partial charge >= 0.3 is 0 Å². The van der Waals surface area contributed by atoms with Gasteiger partial charge in [0, 0.05) is 53.9 Å². The minimum Gasteiger partial charge on any atom is -0.325 e. The van der Waals surface area contributed by atoms with Crippen molar-refractivity contribution in [2.45, 2.75) is 57.3 Å². The molecule has 1 amide bonds. The molecule has 0 atom stereocenters. The molecule has 6 heteroatoms. The Bertz CT molecular complexity index is 930. The fraction of sp³-hybridized carbons (Fsp3) is 0.500. The van der Waals surface area contributed by atoms with Gasteiger partial charge in [0.25, 0.3) is 0 Å². The lowest BCUT2D eigenvalue weighted by atomic mass is 10.0. The van der Waals surface area contributed by atoms with Gasteiger partial charge < -0.3 is 10.2 Å². The van der Waals surface area contributed by atoms with Crippen LogP contribution >= 0.6 is 0 Å². The van der Waals surface area contributed by atoms with E-state index < -0.39 is 0 Å². The van der Waals surface area contributed by atoms with Gasteiger partial charge in [0.15, 0.2) is 0 Å². The summed E-state index contributed by atoms with van der Waals surface area (Å²) in [6.45, 7) is 6.72. The highest BCUT2D eigenvalue weighted by Crippen LogP contribution is 2.58. The van der Waals surface area contributed by atoms with Crippen molar-refractivity contribution in [2.75, 3.05) is 16.8 Å². The van der Waals surface area contributed by atoms with Gasteiger partial charge in [-0.3, -0.25) is 4.79 Å². The summed E-state index contributed by atoms with van der Waals surface area (Å²) < 4.78 is 0. The summed E-state index contributed by atoms with van der Waals surface area (Å²) in [5.41, 5.74) is 3.75. The molecule has 2 saturated carbocycles. The molecule has 2 aliphatic carbocycles. The van der Waals surface area contributed by atoms with Crippen molar-refractivity contribution in [3.05, 3.63) is 35.4 Å². The van der Waals surface area contributed by atoms with Crippen molar-refractivity contribution in [2.24, 2.45) is 0 Å². The van der Waals surface area contributed by atoms with Crippen molar-refractivity contribution in [1.82, 2.24) is 15.0 Å². The van der Waals surface area contributed by atoms with Gasteiger partial charge in [-0.2, -0.15) is 0 Å². The molecule has 6 nitrogen and oxygen atoms in total. The van der Waals surface area contributed by atoms with Crippen LogP contribution < -0.4 is 10.2 Å². The molecule has 3 heterocycles. The molecule has 2 aromatic heterocycles. The molecule has 0 saturated heterocycles. The quantitative estimate of drug-likeness (QED) is 0.920. The second-order valence-corrected chi connectivity index (χ2v) is 8.39. The molecule has 1 N–H and O–H groups in total. The minimum atomic E-state index is -0.107. The van der Waals surface area contributed by atoms with Crippen LogP contribution in [0.2, 0.25) is 0 Å². The number of aromatic nitrogens is 3. The van der Waals surface area contributed by atoms with Gasteiger partial charge in [-0.15, -0.1) is 0 Å². The number of nitrogens with one attached hydrogen (secondary N) is 1. The van der Waals surface area contributed by atoms with Crippen molar-refractivity contribution in [3.8, 4) is 0 Å². The zero-order valence-corrected chi connectivity index (χ0v) is 15.5. The number of aryl methyl sites for hydroxylation is 1. The maximum absolute atomic E-state index is 11.4. The van der Waals surface area contributed by atoms with E-state index in [9.17, 15) is 4.79 Å². The molecule has 2 aromatic rings. The topological polar surface area (TPSA) is 71.0 Å². The highest BCUT2D eigenvalue weighted by molar-refractivity contribution is 5.89. The van der Waals surface area contributed by atoms with E-state index >= 15 is 0 Å². The lowest BCUT2D eigenvalue weighted by Gasteiger charge is -2.21. The van der Waals surface area contributed by atoms with Crippen molar-refractivity contribution < 1.29 is 4.79 Å². The maximum atomic E-state index is 11.4. The third-order valence-corrected chi connectivity index (χ3v) is 6.02. The highest BCUT2D eigenvalue weighted by atomic mass is 16.1. The van der Waals surface area contributed by atoms with Gasteiger partial charge in [-0.1, -0.05) is 6.92 Å². The number of anilines is 3. The monoisotopic (exact) mass is 349 g/mol. The van der Waals surface area contributed by atoms with Gasteiger partial charge in [-0.25, -0.2) is 15.0 Å². The Morgan fingerprint density at radius 1 is 1.19 bits per heavy atom. The van der Waals surface area contributed by atoms with Crippen LogP contribution in [0.25, 0.3) is 0 Å². The van der Waals surface area contributed by atoms with Crippen molar-refractivity contribution in [1.29, 1.82) is 0 Å². The van der Waals surface area contributed by atoms with Crippen LogP contribution in [-0.2, 0) is 15.6 Å². The summed E-state index contributed by atoms with van der Waals surface area (Å²) in [7, 11) is 0. The Labute approximate surface area is 153 Å². The van der Waals surface area contributed by atoms with Crippen LogP contribution in [0.3, 0.4) is 0 Å². The standard InChI is InChI=1S/C20H23N5O/c1-12-8-17(24-18(22-12)19(3)4-5-19)25-11-20(6-7-20)14-10-21-16(9-15(14)25)23-13(2)26/h8-10H,4-7,11H2,1-3H3,(H,21,23,26). The van der Waals surface area contributed by atoms with E-state index in [0.29, 0.717) is 5.82 Å². The fourth-order valence-corrected chi connectivity index (χ4v) is 3.95. The molecule has 1 aliphatic heterocycles. The van der Waals surface area contributed by atoms with E-state index in [1.165, 1.54) is 25.3 Å². The van der Waals surface area contributed by atoms with E-state index in [1.54, 1.807) is 0 Å². The summed E-state index contributed by atoms with van der Waals surface area (Å²) in [6, 6.07) is 4.05.